The van der Waals surface area contributed by atoms with Crippen LogP contribution in [0, 0.1) is 0 Å². The van der Waals surface area contributed by atoms with Crippen molar-refractivity contribution in [2.24, 2.45) is 0 Å². The van der Waals surface area contributed by atoms with E-state index in [0.29, 0.717) is 0 Å². The Hall–Kier alpha value is -12.4. The number of fused-ring (bicyclic) bond motifs is 8. The van der Waals surface area contributed by atoms with Gasteiger partial charge in [0.2, 0.25) is 0 Å². The summed E-state index contributed by atoms with van der Waals surface area (Å²) in [5.41, 5.74) is 21.2. The maximum absolute atomic E-state index is 6.31. The third kappa shape index (κ3) is 8.53. The molecule has 0 N–H and O–H groups in total. The first kappa shape index (κ1) is 55.1. The molecule has 12 aromatic carbocycles. The number of aromatic nitrogens is 8. The van der Waals surface area contributed by atoms with Gasteiger partial charge in [-0.2, -0.15) is 0 Å². The van der Waals surface area contributed by atoms with Gasteiger partial charge < -0.3 is 9.97 Å². The molecule has 18 aromatic rings. The van der Waals surface area contributed by atoms with E-state index in [1.165, 1.54) is 0 Å². The molecule has 0 unspecified atom stereocenters. The minimum absolute atomic E-state index is 0. The molecule has 9 heteroatoms. The van der Waals surface area contributed by atoms with Crippen molar-refractivity contribution in [2.75, 3.05) is 0 Å². The van der Waals surface area contributed by atoms with E-state index < -0.39 is 0 Å². The van der Waals surface area contributed by atoms with E-state index in [-0.39, 0.29) is 20.4 Å². The van der Waals surface area contributed by atoms with E-state index in [4.69, 9.17) is 39.9 Å². The van der Waals surface area contributed by atoms with Gasteiger partial charge in [-0.3, -0.25) is 19.9 Å². The average Bonchev–Trinajstić information content (AvgIpc) is 1.56. The summed E-state index contributed by atoms with van der Waals surface area (Å²) in [6.45, 7) is 0. The van der Waals surface area contributed by atoms with Gasteiger partial charge in [0.25, 0.3) is 0 Å². The number of hydrogen-bond donors (Lipinski definition) is 0. The molecule has 21 rings (SSSR count). The Morgan fingerprint density at radius 1 is 0.206 bits per heavy atom. The Bertz CT molecular complexity index is 6050. The number of benzene rings is 12. The van der Waals surface area contributed by atoms with Gasteiger partial charge >= 0.3 is 20.4 Å². The van der Waals surface area contributed by atoms with E-state index in [1.807, 2.05) is 49.1 Å². The van der Waals surface area contributed by atoms with Crippen LogP contribution in [0.5, 0.6) is 0 Å². The molecular formula is C88H48N8Pd. The first-order valence-electron chi connectivity index (χ1n) is 32.4. The molecule has 0 atom stereocenters. The summed E-state index contributed by atoms with van der Waals surface area (Å²) in [6, 6.07) is 96.6. The maximum Gasteiger partial charge on any atom is 2.00 e. The Morgan fingerprint density at radius 2 is 0.423 bits per heavy atom. The van der Waals surface area contributed by atoms with Gasteiger partial charge in [-0.05, 0) is 230 Å². The van der Waals surface area contributed by atoms with E-state index in [0.717, 1.165) is 220 Å². The fraction of sp³-hybridized carbons (Fsp3) is 0. The molecule has 0 saturated heterocycles. The van der Waals surface area contributed by atoms with E-state index in [9.17, 15) is 0 Å². The SMILES string of the molecule is [Pd+2].c1ccc2cc3c(cc2c1)-c1nc-3c(-c2ccc3ncccc3c2)c2[n-]c(c(-c3ccc4ncccc4c3)c3nc(c(-c4ccc5ncccc5c4)c4[n-]c(c1-c1ccc5ncccc5c1)c1cc5ccccc5cc41)-c1cc4ccccc4cc1-3)c1cc3ccccc3cc21. The maximum atomic E-state index is 6.31. The molecule has 6 aromatic heterocycles. The van der Waals surface area contributed by atoms with Crippen LogP contribution < -0.4 is 9.97 Å². The molecule has 97 heavy (non-hydrogen) atoms. The third-order valence-corrected chi connectivity index (χ3v) is 19.9. The zero-order chi connectivity index (χ0) is 62.7. The summed E-state index contributed by atoms with van der Waals surface area (Å²) in [7, 11) is 0. The van der Waals surface area contributed by atoms with Crippen LogP contribution in [0.2, 0.25) is 0 Å². The van der Waals surface area contributed by atoms with Gasteiger partial charge in [0, 0.05) is 68.6 Å². The number of nitrogens with zero attached hydrogens (tertiary/aromatic N) is 8. The van der Waals surface area contributed by atoms with Crippen molar-refractivity contribution < 1.29 is 20.4 Å². The molecule has 0 saturated carbocycles. The van der Waals surface area contributed by atoms with E-state index in [1.54, 1.807) is 0 Å². The minimum Gasteiger partial charge on any atom is -0.656 e. The number of pyridine rings is 4. The van der Waals surface area contributed by atoms with Crippen LogP contribution in [0.4, 0.5) is 0 Å². The van der Waals surface area contributed by atoms with Crippen molar-refractivity contribution in [3.63, 3.8) is 0 Å². The second-order valence-corrected chi connectivity index (χ2v) is 25.4. The van der Waals surface area contributed by atoms with Crippen LogP contribution in [-0.4, -0.2) is 29.9 Å². The van der Waals surface area contributed by atoms with Crippen molar-refractivity contribution in [1.82, 2.24) is 39.9 Å². The largest absolute Gasteiger partial charge is 2.00 e. The Balaban J connectivity index is 0.00000641. The molecule has 2 aliphatic heterocycles. The van der Waals surface area contributed by atoms with Crippen LogP contribution in [0.25, 0.3) is 220 Å². The van der Waals surface area contributed by atoms with Crippen LogP contribution in [-0.2, 0) is 20.4 Å². The predicted molar refractivity (Wildman–Crippen MR) is 396 cm³/mol. The molecule has 0 fully saturated rings. The topological polar surface area (TPSA) is 106 Å². The first-order valence-corrected chi connectivity index (χ1v) is 32.4. The van der Waals surface area contributed by atoms with Crippen LogP contribution in [0.1, 0.15) is 0 Å². The summed E-state index contributed by atoms with van der Waals surface area (Å²) in [5.74, 6) is 0. The van der Waals surface area contributed by atoms with Gasteiger partial charge in [-0.1, -0.05) is 146 Å². The molecule has 3 aliphatic rings. The summed E-state index contributed by atoms with van der Waals surface area (Å²) < 4.78 is 0. The number of rotatable bonds is 4. The molecule has 8 nitrogen and oxygen atoms in total. The zero-order valence-corrected chi connectivity index (χ0v) is 53.2. The monoisotopic (exact) mass is 1320 g/mol. The molecular weight excluding hydrogens is 1280 g/mol. The third-order valence-electron chi connectivity index (χ3n) is 19.9. The normalized spacial score (nSPS) is 12.0. The van der Waals surface area contributed by atoms with E-state index >= 15 is 0 Å². The van der Waals surface area contributed by atoms with Crippen LogP contribution in [0.3, 0.4) is 0 Å². The molecule has 0 amide bonds. The van der Waals surface area contributed by atoms with Crippen LogP contribution >= 0.6 is 0 Å². The molecule has 0 spiro atoms. The number of hydrogen-bond acceptors (Lipinski definition) is 6. The average molecular weight is 1320 g/mol. The Labute approximate surface area is 568 Å². The van der Waals surface area contributed by atoms with Gasteiger partial charge in [-0.15, -0.1) is 22.1 Å². The molecule has 8 bridgehead atoms. The van der Waals surface area contributed by atoms with Crippen molar-refractivity contribution in [3.8, 4) is 89.5 Å². The summed E-state index contributed by atoms with van der Waals surface area (Å²) in [4.78, 5) is 44.8. The van der Waals surface area contributed by atoms with Gasteiger partial charge in [0.05, 0.1) is 44.8 Å². The summed E-state index contributed by atoms with van der Waals surface area (Å²) in [6.07, 6.45) is 7.45. The zero-order valence-electron chi connectivity index (χ0n) is 51.6. The quantitative estimate of drug-likeness (QED) is 0.160. The standard InChI is InChI=1S/C88H48N8.Pd/c1-2-14-50-42-66-65(41-49(50)13-1)81-77(61-25-29-73-57(37-61)21-9-33-89-73)83-67-43-51-15-3-4-16-52(51)44-68(67)85(94-83)79(63-27-31-75-59(39-63)23-11-35-91-75)87-71-47-55-19-7-8-20-56(55)48-72(71)88(96-87)80(64-28-32-76-60(40-64)24-12-36-92-76)86-70-46-54-18-6-5-17-53(54)45-69(70)84(95-86)78(82(66)93-81)62-26-30-74-58(38-62)22-10-34-90-74;/h1-48H;/q-2;+2. The van der Waals surface area contributed by atoms with Crippen molar-refractivity contribution >= 4 is 130 Å². The van der Waals surface area contributed by atoms with Crippen molar-refractivity contribution in [1.29, 1.82) is 0 Å². The first-order chi connectivity index (χ1) is 47.5. The fourth-order valence-electron chi connectivity index (χ4n) is 15.4. The second kappa shape index (κ2) is 21.3. The van der Waals surface area contributed by atoms with Gasteiger partial charge in [0.15, 0.2) is 0 Å². The Kier molecular flexibility index (Phi) is 12.1. The Morgan fingerprint density at radius 3 is 0.660 bits per heavy atom. The van der Waals surface area contributed by atoms with Crippen LogP contribution in [0.15, 0.2) is 292 Å². The summed E-state index contributed by atoms with van der Waals surface area (Å²) >= 11 is 0. The predicted octanol–water partition coefficient (Wildman–Crippen LogP) is 22.0. The smallest absolute Gasteiger partial charge is 0.656 e. The second-order valence-electron chi connectivity index (χ2n) is 25.4. The van der Waals surface area contributed by atoms with Gasteiger partial charge in [0.1, 0.15) is 0 Å². The van der Waals surface area contributed by atoms with E-state index in [2.05, 4.69) is 243 Å². The van der Waals surface area contributed by atoms with Crippen molar-refractivity contribution in [2.45, 2.75) is 0 Å². The molecule has 450 valence electrons. The van der Waals surface area contributed by atoms with Gasteiger partial charge in [-0.25, -0.2) is 9.97 Å². The minimum atomic E-state index is 0. The van der Waals surface area contributed by atoms with Crippen molar-refractivity contribution in [3.05, 3.63) is 292 Å². The molecule has 1 aliphatic carbocycles. The summed E-state index contributed by atoms with van der Waals surface area (Å²) in [5, 5.41) is 16.7. The fourth-order valence-corrected chi connectivity index (χ4v) is 15.4. The molecule has 0 radical (unpaired) electrons. The molecule has 8 heterocycles.